The highest BCUT2D eigenvalue weighted by Crippen LogP contribution is 2.68. The minimum atomic E-state index is -0.596. The molecule has 0 aromatic carbocycles. The topological polar surface area (TPSA) is 80.9 Å². The number of aliphatic hydroxyl groups excluding tert-OH is 3. The molecule has 25 heavy (non-hydrogen) atoms. The summed E-state index contributed by atoms with van der Waals surface area (Å²) in [6.45, 7) is 6.62. The molecular formula is C21H36O4. The lowest BCUT2D eigenvalue weighted by atomic mass is 9.43. The molecule has 10 atom stereocenters. The van der Waals surface area contributed by atoms with Crippen LogP contribution in [0.4, 0.5) is 0 Å². The second-order valence-electron chi connectivity index (χ2n) is 10.5. The predicted octanol–water partition coefficient (Wildman–Crippen LogP) is 2.33. The fraction of sp³-hybridized carbons (Fsp3) is 1.00. The van der Waals surface area contributed by atoms with Gasteiger partial charge < -0.3 is 20.4 Å². The van der Waals surface area contributed by atoms with Gasteiger partial charge in [0.1, 0.15) is 0 Å². The zero-order chi connectivity index (χ0) is 18.2. The molecule has 1 unspecified atom stereocenters. The van der Waals surface area contributed by atoms with E-state index in [1.165, 1.54) is 0 Å². The molecule has 4 heteroatoms. The Morgan fingerprint density at radius 1 is 0.880 bits per heavy atom. The second kappa shape index (κ2) is 5.67. The van der Waals surface area contributed by atoms with Crippen molar-refractivity contribution in [2.24, 2.45) is 40.4 Å². The summed E-state index contributed by atoms with van der Waals surface area (Å²) in [4.78, 5) is 0. The molecule has 4 aliphatic carbocycles. The first-order valence-corrected chi connectivity index (χ1v) is 10.3. The Morgan fingerprint density at radius 3 is 2.24 bits per heavy atom. The normalized spacial score (nSPS) is 61.3. The van der Waals surface area contributed by atoms with Gasteiger partial charge in [0.05, 0.1) is 17.8 Å². The van der Waals surface area contributed by atoms with Gasteiger partial charge in [-0.15, -0.1) is 0 Å². The summed E-state index contributed by atoms with van der Waals surface area (Å²) in [6.07, 6.45) is 5.47. The van der Waals surface area contributed by atoms with Gasteiger partial charge >= 0.3 is 0 Å². The van der Waals surface area contributed by atoms with Crippen molar-refractivity contribution in [3.05, 3.63) is 0 Å². The van der Waals surface area contributed by atoms with Crippen molar-refractivity contribution in [3.63, 3.8) is 0 Å². The van der Waals surface area contributed by atoms with Crippen LogP contribution in [0, 0.1) is 40.4 Å². The number of hydrogen-bond acceptors (Lipinski definition) is 4. The molecule has 0 amide bonds. The number of aliphatic hydroxyl groups is 4. The molecule has 0 radical (unpaired) electrons. The Kier molecular flexibility index (Phi) is 4.13. The van der Waals surface area contributed by atoms with Crippen molar-refractivity contribution < 1.29 is 20.4 Å². The SMILES string of the molecule is C[C@]12CC(CO)[C@@H](O)C[C@@H]1[C@H](O)C[C@@H]1[C@@H]2CC[C@@]2(C)[C@H]1CC[C@]2(C)O. The summed E-state index contributed by atoms with van der Waals surface area (Å²) in [6, 6.07) is 0. The van der Waals surface area contributed by atoms with Crippen molar-refractivity contribution in [3.8, 4) is 0 Å². The fourth-order valence-electron chi connectivity index (χ4n) is 7.90. The Morgan fingerprint density at radius 2 is 1.56 bits per heavy atom. The van der Waals surface area contributed by atoms with E-state index in [1.807, 2.05) is 6.92 Å². The van der Waals surface area contributed by atoms with Gasteiger partial charge in [-0.2, -0.15) is 0 Å². The zero-order valence-electron chi connectivity index (χ0n) is 16.0. The first kappa shape index (κ1) is 18.2. The van der Waals surface area contributed by atoms with Crippen LogP contribution in [0.15, 0.2) is 0 Å². The molecule has 0 aromatic rings. The van der Waals surface area contributed by atoms with E-state index in [-0.39, 0.29) is 35.4 Å². The van der Waals surface area contributed by atoms with Crippen LogP contribution in [0.5, 0.6) is 0 Å². The first-order chi connectivity index (χ1) is 11.6. The van der Waals surface area contributed by atoms with Crippen molar-refractivity contribution in [2.75, 3.05) is 6.61 Å². The predicted molar refractivity (Wildman–Crippen MR) is 95.7 cm³/mol. The van der Waals surface area contributed by atoms with Gasteiger partial charge in [0.15, 0.2) is 0 Å². The van der Waals surface area contributed by atoms with Crippen LogP contribution in [0.1, 0.15) is 65.7 Å². The van der Waals surface area contributed by atoms with E-state index in [4.69, 9.17) is 0 Å². The molecule has 0 saturated heterocycles. The maximum Gasteiger partial charge on any atom is 0.0675 e. The first-order valence-electron chi connectivity index (χ1n) is 10.3. The molecule has 4 N–H and O–H groups in total. The lowest BCUT2D eigenvalue weighted by molar-refractivity contribution is -0.197. The molecular weight excluding hydrogens is 316 g/mol. The summed E-state index contributed by atoms with van der Waals surface area (Å²) in [7, 11) is 0. The summed E-state index contributed by atoms with van der Waals surface area (Å²) >= 11 is 0. The van der Waals surface area contributed by atoms with Gasteiger partial charge in [0.2, 0.25) is 0 Å². The van der Waals surface area contributed by atoms with E-state index in [1.54, 1.807) is 0 Å². The molecule has 0 bridgehead atoms. The van der Waals surface area contributed by atoms with Gasteiger partial charge in [-0.3, -0.25) is 0 Å². The van der Waals surface area contributed by atoms with Gasteiger partial charge in [-0.25, -0.2) is 0 Å². The summed E-state index contributed by atoms with van der Waals surface area (Å²) < 4.78 is 0. The molecule has 0 aromatic heterocycles. The summed E-state index contributed by atoms with van der Waals surface area (Å²) in [5.74, 6) is 1.55. The maximum absolute atomic E-state index is 11.0. The van der Waals surface area contributed by atoms with Crippen molar-refractivity contribution in [1.29, 1.82) is 0 Å². The van der Waals surface area contributed by atoms with E-state index >= 15 is 0 Å². The molecule has 0 heterocycles. The fourth-order valence-corrected chi connectivity index (χ4v) is 7.90. The average molecular weight is 353 g/mol. The van der Waals surface area contributed by atoms with Crippen LogP contribution in [0.25, 0.3) is 0 Å². The molecule has 0 aliphatic heterocycles. The monoisotopic (exact) mass is 352 g/mol. The van der Waals surface area contributed by atoms with Gasteiger partial charge in [0.25, 0.3) is 0 Å². The summed E-state index contributed by atoms with van der Waals surface area (Å²) in [5, 5.41) is 42.1. The third-order valence-corrected chi connectivity index (χ3v) is 9.65. The quantitative estimate of drug-likeness (QED) is 0.584. The third-order valence-electron chi connectivity index (χ3n) is 9.65. The second-order valence-corrected chi connectivity index (χ2v) is 10.5. The summed E-state index contributed by atoms with van der Waals surface area (Å²) in [5.41, 5.74) is -0.645. The number of hydrogen-bond donors (Lipinski definition) is 4. The van der Waals surface area contributed by atoms with Crippen LogP contribution in [-0.2, 0) is 0 Å². The third kappa shape index (κ3) is 2.33. The lowest BCUT2D eigenvalue weighted by Gasteiger charge is -2.63. The highest BCUT2D eigenvalue weighted by Gasteiger charge is 2.65. The van der Waals surface area contributed by atoms with Crippen molar-refractivity contribution in [1.82, 2.24) is 0 Å². The smallest absolute Gasteiger partial charge is 0.0675 e. The minimum Gasteiger partial charge on any atom is -0.396 e. The molecule has 4 nitrogen and oxygen atoms in total. The molecule has 144 valence electrons. The minimum absolute atomic E-state index is 0.00919. The van der Waals surface area contributed by atoms with Gasteiger partial charge in [0, 0.05) is 12.5 Å². The highest BCUT2D eigenvalue weighted by molar-refractivity contribution is 5.14. The molecule has 4 fully saturated rings. The van der Waals surface area contributed by atoms with Crippen LogP contribution >= 0.6 is 0 Å². The standard InChI is InChI=1S/C21H36O4/c1-19-10-12(11-22)17(23)9-16(19)18(24)8-13-14(19)4-6-20(2)15(13)5-7-21(20,3)25/h12-18,22-25H,4-11H2,1-3H3/t12?,13-,14+,15+,16-,17+,18-,19-,20+,21+/m1/s1. The molecule has 4 rings (SSSR count). The molecule has 4 saturated carbocycles. The van der Waals surface area contributed by atoms with E-state index < -0.39 is 11.7 Å². The largest absolute Gasteiger partial charge is 0.396 e. The Balaban J connectivity index is 1.68. The Bertz CT molecular complexity index is 534. The number of rotatable bonds is 1. The highest BCUT2D eigenvalue weighted by atomic mass is 16.3. The Hall–Kier alpha value is -0.160. The van der Waals surface area contributed by atoms with E-state index in [2.05, 4.69) is 13.8 Å². The number of fused-ring (bicyclic) bond motifs is 5. The van der Waals surface area contributed by atoms with Crippen molar-refractivity contribution >= 4 is 0 Å². The molecule has 0 spiro atoms. The van der Waals surface area contributed by atoms with E-state index in [9.17, 15) is 20.4 Å². The van der Waals surface area contributed by atoms with Crippen LogP contribution in [0.3, 0.4) is 0 Å². The molecule has 4 aliphatic rings. The van der Waals surface area contributed by atoms with Gasteiger partial charge in [-0.05, 0) is 86.4 Å². The Labute approximate surface area is 151 Å². The van der Waals surface area contributed by atoms with Gasteiger partial charge in [-0.1, -0.05) is 13.8 Å². The maximum atomic E-state index is 11.0. The van der Waals surface area contributed by atoms with Crippen LogP contribution < -0.4 is 0 Å². The van der Waals surface area contributed by atoms with Crippen LogP contribution in [-0.4, -0.2) is 44.8 Å². The zero-order valence-corrected chi connectivity index (χ0v) is 16.0. The van der Waals surface area contributed by atoms with E-state index in [0.29, 0.717) is 24.2 Å². The van der Waals surface area contributed by atoms with Crippen LogP contribution in [0.2, 0.25) is 0 Å². The van der Waals surface area contributed by atoms with E-state index in [0.717, 1.165) is 38.5 Å². The lowest BCUT2D eigenvalue weighted by Crippen LogP contribution is -2.61. The average Bonchev–Trinajstić information content (AvgIpc) is 2.79. The van der Waals surface area contributed by atoms with Crippen molar-refractivity contribution in [2.45, 2.75) is 83.5 Å².